The average Bonchev–Trinajstić information content (AvgIpc) is 1.84. The summed E-state index contributed by atoms with van der Waals surface area (Å²) in [7, 11) is 0. The van der Waals surface area contributed by atoms with E-state index in [4.69, 9.17) is 21.7 Å². The minimum atomic E-state index is -1.13. The zero-order valence-electron chi connectivity index (χ0n) is 5.49. The summed E-state index contributed by atoms with van der Waals surface area (Å²) in [6, 6.07) is -0.727. The van der Waals surface area contributed by atoms with Gasteiger partial charge in [0.15, 0.2) is 0 Å². The third-order valence-corrected chi connectivity index (χ3v) is 1.26. The summed E-state index contributed by atoms with van der Waals surface area (Å²) in [5, 5.41) is 17.5. The maximum absolute atomic E-state index is 8.93. The number of hydrogen-bond acceptors (Lipinski definition) is 4. The third kappa shape index (κ3) is 2.76. The molecular weight excluding hydrogens is 120 g/mol. The molecule has 0 heterocycles. The highest BCUT2D eigenvalue weighted by Gasteiger charge is 2.17. The molecule has 0 fully saturated rings. The topological polar surface area (TPSA) is 92.5 Å². The summed E-state index contributed by atoms with van der Waals surface area (Å²) in [6.07, 6.45) is -1.32. The van der Waals surface area contributed by atoms with Gasteiger partial charge in [0, 0.05) is 0 Å². The molecule has 0 aliphatic rings. The fourth-order valence-corrected chi connectivity index (χ4v) is 0.500. The van der Waals surface area contributed by atoms with Crippen LogP contribution < -0.4 is 11.5 Å². The monoisotopic (exact) mass is 134 g/mol. The number of aliphatic hydroxyl groups is 2. The maximum atomic E-state index is 8.93. The van der Waals surface area contributed by atoms with Crippen LogP contribution in [0.1, 0.15) is 13.3 Å². The molecule has 0 aliphatic carbocycles. The van der Waals surface area contributed by atoms with E-state index >= 15 is 0 Å². The molecular formula is C5H14N2O2. The van der Waals surface area contributed by atoms with Crippen LogP contribution in [0.5, 0.6) is 0 Å². The molecule has 0 spiro atoms. The van der Waals surface area contributed by atoms with Gasteiger partial charge in [-0.25, -0.2) is 0 Å². The van der Waals surface area contributed by atoms with Crippen molar-refractivity contribution in [1.29, 1.82) is 0 Å². The van der Waals surface area contributed by atoms with Crippen molar-refractivity contribution in [3.63, 3.8) is 0 Å². The Hall–Kier alpha value is -0.160. The van der Waals surface area contributed by atoms with Crippen molar-refractivity contribution in [2.45, 2.75) is 31.7 Å². The van der Waals surface area contributed by atoms with Crippen LogP contribution >= 0.6 is 0 Å². The lowest BCUT2D eigenvalue weighted by molar-refractivity contribution is 0.0572. The van der Waals surface area contributed by atoms with Crippen molar-refractivity contribution in [2.24, 2.45) is 11.5 Å². The SMILES string of the molecule is CCC(O)C(N)C(N)O. The Morgan fingerprint density at radius 2 is 1.78 bits per heavy atom. The van der Waals surface area contributed by atoms with Gasteiger partial charge in [-0.3, -0.25) is 0 Å². The van der Waals surface area contributed by atoms with Gasteiger partial charge in [-0.05, 0) is 6.42 Å². The quantitative estimate of drug-likeness (QED) is 0.348. The minimum Gasteiger partial charge on any atom is -0.391 e. The van der Waals surface area contributed by atoms with Crippen LogP contribution in [0.2, 0.25) is 0 Å². The lowest BCUT2D eigenvalue weighted by Crippen LogP contribution is -2.48. The van der Waals surface area contributed by atoms with Crippen LogP contribution in [0.25, 0.3) is 0 Å². The van der Waals surface area contributed by atoms with E-state index in [1.54, 1.807) is 6.92 Å². The molecule has 0 aromatic carbocycles. The van der Waals surface area contributed by atoms with Gasteiger partial charge in [0.25, 0.3) is 0 Å². The summed E-state index contributed by atoms with van der Waals surface area (Å²) in [5.74, 6) is 0. The molecule has 3 unspecified atom stereocenters. The summed E-state index contributed by atoms with van der Waals surface area (Å²) in [6.45, 7) is 1.77. The Bertz CT molecular complexity index is 77.4. The highest BCUT2D eigenvalue weighted by atomic mass is 16.3. The average molecular weight is 134 g/mol. The minimum absolute atomic E-state index is 0.509. The number of rotatable bonds is 3. The van der Waals surface area contributed by atoms with Crippen LogP contribution in [-0.4, -0.2) is 28.6 Å². The Morgan fingerprint density at radius 3 is 1.89 bits per heavy atom. The molecule has 56 valence electrons. The standard InChI is InChI=1S/C5H14N2O2/c1-2-3(8)4(6)5(7)9/h3-5,8-9H,2,6-7H2,1H3. The van der Waals surface area contributed by atoms with Crippen LogP contribution in [0.4, 0.5) is 0 Å². The van der Waals surface area contributed by atoms with E-state index in [0.717, 1.165) is 0 Å². The van der Waals surface area contributed by atoms with E-state index in [9.17, 15) is 0 Å². The van der Waals surface area contributed by atoms with Gasteiger partial charge in [-0.2, -0.15) is 0 Å². The maximum Gasteiger partial charge on any atom is 0.120 e. The van der Waals surface area contributed by atoms with Crippen molar-refractivity contribution in [3.05, 3.63) is 0 Å². The third-order valence-electron chi connectivity index (χ3n) is 1.26. The molecule has 0 radical (unpaired) electrons. The molecule has 0 saturated carbocycles. The van der Waals surface area contributed by atoms with Crippen LogP contribution in [0, 0.1) is 0 Å². The van der Waals surface area contributed by atoms with Gasteiger partial charge in [0.05, 0.1) is 12.1 Å². The largest absolute Gasteiger partial charge is 0.391 e. The smallest absolute Gasteiger partial charge is 0.120 e. The number of aliphatic hydroxyl groups excluding tert-OH is 2. The summed E-state index contributed by atoms with van der Waals surface area (Å²) in [4.78, 5) is 0. The van der Waals surface area contributed by atoms with Crippen molar-refractivity contribution in [1.82, 2.24) is 0 Å². The molecule has 9 heavy (non-hydrogen) atoms. The van der Waals surface area contributed by atoms with Gasteiger partial charge in [-0.1, -0.05) is 6.92 Å². The van der Waals surface area contributed by atoms with E-state index in [1.807, 2.05) is 0 Å². The molecule has 0 rings (SSSR count). The molecule has 0 saturated heterocycles. The second kappa shape index (κ2) is 3.79. The normalized spacial score (nSPS) is 21.0. The van der Waals surface area contributed by atoms with E-state index in [2.05, 4.69) is 0 Å². The molecule has 0 amide bonds. The predicted octanol–water partition coefficient (Wildman–Crippen LogP) is -1.64. The van der Waals surface area contributed by atoms with Crippen molar-refractivity contribution < 1.29 is 10.2 Å². The number of hydrogen-bond donors (Lipinski definition) is 4. The first-order chi connectivity index (χ1) is 4.09. The lowest BCUT2D eigenvalue weighted by atomic mass is 10.1. The van der Waals surface area contributed by atoms with Crippen LogP contribution in [-0.2, 0) is 0 Å². The first-order valence-electron chi connectivity index (χ1n) is 2.97. The molecule has 6 N–H and O–H groups in total. The van der Waals surface area contributed by atoms with E-state index in [1.165, 1.54) is 0 Å². The zero-order chi connectivity index (χ0) is 7.44. The highest BCUT2D eigenvalue weighted by Crippen LogP contribution is 1.96. The van der Waals surface area contributed by atoms with Gasteiger partial charge in [0.1, 0.15) is 6.23 Å². The van der Waals surface area contributed by atoms with Crippen molar-refractivity contribution in [2.75, 3.05) is 0 Å². The fraction of sp³-hybridized carbons (Fsp3) is 1.00. The fourth-order valence-electron chi connectivity index (χ4n) is 0.500. The van der Waals surface area contributed by atoms with Crippen molar-refractivity contribution >= 4 is 0 Å². The second-order valence-electron chi connectivity index (χ2n) is 2.04. The molecule has 0 aliphatic heterocycles. The van der Waals surface area contributed by atoms with E-state index in [-0.39, 0.29) is 0 Å². The molecule has 4 nitrogen and oxygen atoms in total. The summed E-state index contributed by atoms with van der Waals surface area (Å²) >= 11 is 0. The first-order valence-corrected chi connectivity index (χ1v) is 2.97. The molecule has 3 atom stereocenters. The summed E-state index contributed by atoms with van der Waals surface area (Å²) in [5.41, 5.74) is 10.2. The van der Waals surface area contributed by atoms with Gasteiger partial charge in [0.2, 0.25) is 0 Å². The molecule has 4 heteroatoms. The van der Waals surface area contributed by atoms with Gasteiger partial charge in [-0.15, -0.1) is 0 Å². The second-order valence-corrected chi connectivity index (χ2v) is 2.04. The Morgan fingerprint density at radius 1 is 1.33 bits per heavy atom. The first kappa shape index (κ1) is 8.84. The Kier molecular flexibility index (Phi) is 3.72. The zero-order valence-corrected chi connectivity index (χ0v) is 5.49. The lowest BCUT2D eigenvalue weighted by Gasteiger charge is -2.19. The van der Waals surface area contributed by atoms with Crippen LogP contribution in [0.15, 0.2) is 0 Å². The van der Waals surface area contributed by atoms with Crippen molar-refractivity contribution in [3.8, 4) is 0 Å². The van der Waals surface area contributed by atoms with Gasteiger partial charge >= 0.3 is 0 Å². The Balaban J connectivity index is 3.58. The summed E-state index contributed by atoms with van der Waals surface area (Å²) < 4.78 is 0. The van der Waals surface area contributed by atoms with Gasteiger partial charge < -0.3 is 21.7 Å². The molecule has 0 bridgehead atoms. The van der Waals surface area contributed by atoms with E-state index in [0.29, 0.717) is 6.42 Å². The van der Waals surface area contributed by atoms with E-state index < -0.39 is 18.4 Å². The van der Waals surface area contributed by atoms with Crippen LogP contribution in [0.3, 0.4) is 0 Å². The molecule has 0 aromatic heterocycles. The number of nitrogens with two attached hydrogens (primary N) is 2. The Labute approximate surface area is 54.5 Å². The predicted molar refractivity (Wildman–Crippen MR) is 34.5 cm³/mol. The molecule has 0 aromatic rings. The highest BCUT2D eigenvalue weighted by molar-refractivity contribution is 4.73.